The zero-order chi connectivity index (χ0) is 45.5. The summed E-state index contributed by atoms with van der Waals surface area (Å²) in [5.74, 6) is -2.80. The monoisotopic (exact) mass is 877 g/mol. The Balaban J connectivity index is 1.32. The molecule has 1 aliphatic carbocycles. The first-order chi connectivity index (χ1) is 29.3. The number of carbonyl (C=O) groups excluding carboxylic acids is 8. The van der Waals surface area contributed by atoms with Crippen molar-refractivity contribution < 1.29 is 38.4 Å². The molecule has 1 aromatic carbocycles. The van der Waals surface area contributed by atoms with E-state index in [-0.39, 0.29) is 80.0 Å². The number of amides is 7. The minimum absolute atomic E-state index is 0.00218. The van der Waals surface area contributed by atoms with Crippen LogP contribution in [0.5, 0.6) is 0 Å². The Morgan fingerprint density at radius 2 is 1.24 bits per heavy atom. The van der Waals surface area contributed by atoms with Gasteiger partial charge in [0.05, 0.1) is 35.4 Å². The van der Waals surface area contributed by atoms with Gasteiger partial charge in [-0.25, -0.2) is 0 Å². The summed E-state index contributed by atoms with van der Waals surface area (Å²) >= 11 is 0.990. The van der Waals surface area contributed by atoms with E-state index in [1.165, 1.54) is 19.6 Å². The van der Waals surface area contributed by atoms with Crippen molar-refractivity contribution in [3.05, 3.63) is 57.3 Å². The van der Waals surface area contributed by atoms with E-state index < -0.39 is 64.5 Å². The van der Waals surface area contributed by atoms with Gasteiger partial charge in [-0.1, -0.05) is 65.8 Å². The van der Waals surface area contributed by atoms with Crippen LogP contribution < -0.4 is 26.6 Å². The Labute approximate surface area is 368 Å². The van der Waals surface area contributed by atoms with Gasteiger partial charge < -0.3 is 51.0 Å². The predicted octanol–water partition coefficient (Wildman–Crippen LogP) is 0.947. The first-order valence-corrected chi connectivity index (χ1v) is 22.1. The van der Waals surface area contributed by atoms with E-state index in [2.05, 4.69) is 26.6 Å². The van der Waals surface area contributed by atoms with Crippen LogP contribution in [0.1, 0.15) is 90.9 Å². The molecule has 17 nitrogen and oxygen atoms in total. The smallest absolute Gasteiger partial charge is 0.264 e. The number of hydrogen-bond donors (Lipinski definition) is 5. The molecule has 5 atom stereocenters. The molecule has 2 aliphatic heterocycles. The summed E-state index contributed by atoms with van der Waals surface area (Å²) in [5.41, 5.74) is 0.806. The molecule has 3 heterocycles. The van der Waals surface area contributed by atoms with Gasteiger partial charge in [-0.15, -0.1) is 11.3 Å². The van der Waals surface area contributed by atoms with Gasteiger partial charge in [0.25, 0.3) is 11.8 Å². The van der Waals surface area contributed by atoms with Crippen LogP contribution in [0, 0.1) is 10.8 Å². The average molecular weight is 878 g/mol. The fraction of sp³-hybridized carbons (Fsp3) is 0.591. The molecule has 5 rings (SSSR count). The highest BCUT2D eigenvalue weighted by Gasteiger charge is 2.45. The number of hydrogen-bond acceptors (Lipinski definition) is 11. The van der Waals surface area contributed by atoms with Gasteiger partial charge in [0.2, 0.25) is 29.5 Å². The van der Waals surface area contributed by atoms with Crippen LogP contribution in [-0.2, 0) is 35.2 Å². The largest absolute Gasteiger partial charge is 0.347 e. The van der Waals surface area contributed by atoms with E-state index in [9.17, 15) is 38.4 Å². The maximum atomic E-state index is 14.4. The van der Waals surface area contributed by atoms with E-state index in [1.54, 1.807) is 26.2 Å². The van der Waals surface area contributed by atoms with Gasteiger partial charge in [0.1, 0.15) is 30.5 Å². The van der Waals surface area contributed by atoms with Crippen molar-refractivity contribution >= 4 is 59.0 Å². The summed E-state index contributed by atoms with van der Waals surface area (Å²) < 4.78 is 0. The maximum Gasteiger partial charge on any atom is 0.264 e. The first kappa shape index (κ1) is 47.8. The van der Waals surface area contributed by atoms with Crippen molar-refractivity contribution in [3.63, 3.8) is 0 Å². The molecule has 5 unspecified atom stereocenters. The molecule has 2 fully saturated rings. The van der Waals surface area contributed by atoms with Crippen molar-refractivity contribution in [3.8, 4) is 0 Å². The molecule has 5 N–H and O–H groups in total. The molecule has 0 radical (unpaired) electrons. The second-order valence-corrected chi connectivity index (χ2v) is 19.5. The van der Waals surface area contributed by atoms with Gasteiger partial charge in [-0.2, -0.15) is 0 Å². The van der Waals surface area contributed by atoms with E-state index in [1.807, 2.05) is 65.8 Å². The highest BCUT2D eigenvalue weighted by molar-refractivity contribution is 7.15. The molecule has 2 aromatic rings. The molecule has 0 bridgehead atoms. The van der Waals surface area contributed by atoms with Crippen LogP contribution in [0.15, 0.2) is 36.4 Å². The van der Waals surface area contributed by atoms with Crippen molar-refractivity contribution in [1.29, 1.82) is 0 Å². The van der Waals surface area contributed by atoms with Crippen LogP contribution in [-0.4, -0.2) is 158 Å². The topological polar surface area (TPSA) is 210 Å². The lowest BCUT2D eigenvalue weighted by atomic mass is 9.85. The molecule has 3 aliphatic rings. The summed E-state index contributed by atoms with van der Waals surface area (Å²) in [6.45, 7) is 11.1. The molecule has 338 valence electrons. The standard InChI is InChI=1S/C44H63N9O8S/c1-43(2,3)36(48-34(55)22-45-7)41(60)52-20-18-50(24-28(52)26-54)39(58)32-16-17-33(62-32)40(59)51-19-21-53(42(61)37(44(4,5)6)49-35(56)23-46-8)31(25-51)38(57)47-30-15-11-13-27-12-9-10-14-29(27)30/h9-10,12,14,16-17,26,28,30-31,36-37,45-46H,11,13,15,18-25H2,1-8H3,(H,47,57)(H,48,55)(H,49,56). The third-order valence-electron chi connectivity index (χ3n) is 11.6. The molecule has 62 heavy (non-hydrogen) atoms. The number of nitrogens with zero attached hydrogens (tertiary/aromatic N) is 4. The lowest BCUT2D eigenvalue weighted by Crippen LogP contribution is -2.66. The van der Waals surface area contributed by atoms with Crippen LogP contribution >= 0.6 is 11.3 Å². The summed E-state index contributed by atoms with van der Waals surface area (Å²) in [5, 5.41) is 14.4. The molecular weight excluding hydrogens is 815 g/mol. The normalized spacial score (nSPS) is 20.4. The van der Waals surface area contributed by atoms with Crippen LogP contribution in [0.2, 0.25) is 0 Å². The molecule has 18 heteroatoms. The number of piperazine rings is 2. The van der Waals surface area contributed by atoms with Gasteiger partial charge in [-0.3, -0.25) is 33.6 Å². The number of thiophene rings is 1. The Hall–Kier alpha value is -5.20. The van der Waals surface area contributed by atoms with Gasteiger partial charge >= 0.3 is 0 Å². The van der Waals surface area contributed by atoms with Crippen LogP contribution in [0.25, 0.3) is 0 Å². The molecule has 1 aromatic heterocycles. The number of likely N-dealkylation sites (N-methyl/N-ethyl adjacent to an activating group) is 2. The molecule has 0 spiro atoms. The molecular formula is C44H63N9O8S. The number of rotatable bonds is 13. The van der Waals surface area contributed by atoms with E-state index in [0.29, 0.717) is 12.7 Å². The summed E-state index contributed by atoms with van der Waals surface area (Å²) in [7, 11) is 3.26. The second kappa shape index (κ2) is 20.3. The van der Waals surface area contributed by atoms with Crippen molar-refractivity contribution in [2.24, 2.45) is 10.8 Å². The van der Waals surface area contributed by atoms with Crippen molar-refractivity contribution in [1.82, 2.24) is 46.2 Å². The number of benzene rings is 1. The first-order valence-electron chi connectivity index (χ1n) is 21.3. The number of aryl methyl sites for hydroxylation is 1. The van der Waals surface area contributed by atoms with Crippen molar-refractivity contribution in [2.45, 2.75) is 91.0 Å². The quantitative estimate of drug-likeness (QED) is 0.180. The number of nitrogens with one attached hydrogen (secondary N) is 5. The van der Waals surface area contributed by atoms with Crippen LogP contribution in [0.3, 0.4) is 0 Å². The fourth-order valence-electron chi connectivity index (χ4n) is 8.27. The lowest BCUT2D eigenvalue weighted by molar-refractivity contribution is -0.148. The zero-order valence-electron chi connectivity index (χ0n) is 37.2. The third-order valence-corrected chi connectivity index (χ3v) is 12.7. The number of aldehydes is 1. The lowest BCUT2D eigenvalue weighted by Gasteiger charge is -2.44. The maximum absolute atomic E-state index is 14.4. The number of carbonyl (C=O) groups is 8. The van der Waals surface area contributed by atoms with E-state index in [0.717, 1.165) is 35.3 Å². The van der Waals surface area contributed by atoms with Crippen LogP contribution in [0.4, 0.5) is 0 Å². The highest BCUT2D eigenvalue weighted by atomic mass is 32.1. The zero-order valence-corrected chi connectivity index (χ0v) is 38.0. The Bertz CT molecular complexity index is 2010. The Kier molecular flexibility index (Phi) is 15.7. The Morgan fingerprint density at radius 1 is 0.726 bits per heavy atom. The van der Waals surface area contributed by atoms with E-state index >= 15 is 0 Å². The van der Waals surface area contributed by atoms with Gasteiger partial charge in [0.15, 0.2) is 0 Å². The summed E-state index contributed by atoms with van der Waals surface area (Å²) in [6, 6.07) is 6.88. The van der Waals surface area contributed by atoms with Gasteiger partial charge in [-0.05, 0) is 67.4 Å². The molecule has 0 saturated carbocycles. The Morgan fingerprint density at radius 3 is 1.77 bits per heavy atom. The number of fused-ring (bicyclic) bond motifs is 1. The summed E-state index contributed by atoms with van der Waals surface area (Å²) in [6.07, 6.45) is 3.11. The summed E-state index contributed by atoms with van der Waals surface area (Å²) in [4.78, 5) is 115. The minimum Gasteiger partial charge on any atom is -0.347 e. The predicted molar refractivity (Wildman–Crippen MR) is 234 cm³/mol. The SMILES string of the molecule is CNCC(=O)NC(C(=O)N1CCN(C(=O)c2ccc(C(=O)N3CCN(C(=O)C(NC(=O)CNC)C(C)(C)C)C(C(=O)NC4CCCc5ccccc54)C3)s2)CC1C=O)C(C)(C)C. The van der Waals surface area contributed by atoms with Gasteiger partial charge in [0, 0.05) is 32.7 Å². The average Bonchev–Trinajstić information content (AvgIpc) is 3.73. The fourth-order valence-corrected chi connectivity index (χ4v) is 9.21. The molecule has 2 saturated heterocycles. The second-order valence-electron chi connectivity index (χ2n) is 18.4. The highest BCUT2D eigenvalue weighted by Crippen LogP contribution is 2.31. The third kappa shape index (κ3) is 11.2. The molecule has 7 amide bonds. The van der Waals surface area contributed by atoms with E-state index in [4.69, 9.17) is 0 Å². The minimum atomic E-state index is -1.07. The van der Waals surface area contributed by atoms with Crippen molar-refractivity contribution in [2.75, 3.05) is 66.5 Å².